The number of fused-ring (bicyclic) bond motifs is 1. The third-order valence-corrected chi connectivity index (χ3v) is 3.29. The molecule has 0 aliphatic carbocycles. The van der Waals surface area contributed by atoms with Crippen LogP contribution in [-0.2, 0) is 6.42 Å². The Hall–Kier alpha value is -2.01. The molecule has 1 heterocycles. The third-order valence-electron chi connectivity index (χ3n) is 3.16. The highest BCUT2D eigenvalue weighted by molar-refractivity contribution is 6.29. The third kappa shape index (κ3) is 2.93. The predicted molar refractivity (Wildman–Crippen MR) is 77.5 cm³/mol. The van der Waals surface area contributed by atoms with Crippen LogP contribution in [0.15, 0.2) is 29.8 Å². The average Bonchev–Trinajstić information content (AvgIpc) is 2.43. The number of anilines is 1. The van der Waals surface area contributed by atoms with E-state index in [1.807, 2.05) is 0 Å². The molecule has 2 N–H and O–H groups in total. The molecule has 1 aromatic carbocycles. The van der Waals surface area contributed by atoms with E-state index < -0.39 is 5.97 Å². The first kappa shape index (κ1) is 14.4. The van der Waals surface area contributed by atoms with Crippen LogP contribution in [0.5, 0.6) is 0 Å². The van der Waals surface area contributed by atoms with E-state index in [1.165, 1.54) is 0 Å². The molecule has 20 heavy (non-hydrogen) atoms. The number of nitrogens with zero attached hydrogens (tertiary/aromatic N) is 1. The first-order valence-electron chi connectivity index (χ1n) is 6.24. The van der Waals surface area contributed by atoms with Gasteiger partial charge in [-0.1, -0.05) is 24.2 Å². The number of hydrogen-bond donors (Lipinski definition) is 2. The molecule has 0 fully saturated rings. The van der Waals surface area contributed by atoms with Crippen LogP contribution in [0.3, 0.4) is 0 Å². The summed E-state index contributed by atoms with van der Waals surface area (Å²) in [5.74, 6) is -0.974. The topological polar surface area (TPSA) is 69.6 Å². The summed E-state index contributed by atoms with van der Waals surface area (Å²) in [7, 11) is 0. The van der Waals surface area contributed by atoms with E-state index in [0.29, 0.717) is 29.2 Å². The molecular weight excluding hydrogens is 280 g/mol. The highest BCUT2D eigenvalue weighted by Gasteiger charge is 2.25. The Morgan fingerprint density at radius 3 is 2.85 bits per heavy atom. The van der Waals surface area contributed by atoms with Crippen molar-refractivity contribution in [2.45, 2.75) is 12.8 Å². The molecule has 0 bridgehead atoms. The van der Waals surface area contributed by atoms with Crippen molar-refractivity contribution in [3.05, 3.63) is 40.9 Å². The summed E-state index contributed by atoms with van der Waals surface area (Å²) in [6.07, 6.45) is 1.39. The Balaban J connectivity index is 2.29. The number of amides is 2. The van der Waals surface area contributed by atoms with E-state index >= 15 is 0 Å². The summed E-state index contributed by atoms with van der Waals surface area (Å²) in [6, 6.07) is 4.67. The Labute approximate surface area is 121 Å². The normalized spacial score (nSPS) is 13.6. The molecule has 0 saturated carbocycles. The highest BCUT2D eigenvalue weighted by Crippen LogP contribution is 2.30. The van der Waals surface area contributed by atoms with E-state index in [2.05, 4.69) is 11.9 Å². The molecule has 6 heteroatoms. The molecule has 1 aromatic rings. The molecule has 0 atom stereocenters. The summed E-state index contributed by atoms with van der Waals surface area (Å²) in [5.41, 5.74) is 1.60. The maximum absolute atomic E-state index is 12.1. The van der Waals surface area contributed by atoms with Crippen molar-refractivity contribution in [1.82, 2.24) is 5.32 Å². The maximum Gasteiger partial charge on any atom is 0.336 e. The second-order valence-corrected chi connectivity index (χ2v) is 5.07. The zero-order valence-electron chi connectivity index (χ0n) is 10.9. The van der Waals surface area contributed by atoms with E-state index in [0.717, 1.165) is 6.42 Å². The highest BCUT2D eigenvalue weighted by atomic mass is 35.5. The molecule has 2 amide bonds. The Morgan fingerprint density at radius 2 is 2.20 bits per heavy atom. The fraction of sp³-hybridized carbons (Fsp3) is 0.286. The van der Waals surface area contributed by atoms with Gasteiger partial charge < -0.3 is 10.4 Å². The first-order chi connectivity index (χ1) is 9.50. The van der Waals surface area contributed by atoms with Crippen molar-refractivity contribution in [2.24, 2.45) is 0 Å². The molecule has 0 spiro atoms. The Kier molecular flexibility index (Phi) is 4.29. The van der Waals surface area contributed by atoms with Crippen LogP contribution in [0.4, 0.5) is 10.5 Å². The summed E-state index contributed by atoms with van der Waals surface area (Å²) < 4.78 is 0. The summed E-state index contributed by atoms with van der Waals surface area (Å²) in [4.78, 5) is 24.9. The van der Waals surface area contributed by atoms with Crippen LogP contribution in [-0.4, -0.2) is 30.2 Å². The van der Waals surface area contributed by atoms with E-state index in [9.17, 15) is 14.7 Å². The summed E-state index contributed by atoms with van der Waals surface area (Å²) >= 11 is 5.62. The maximum atomic E-state index is 12.1. The summed E-state index contributed by atoms with van der Waals surface area (Å²) in [6.45, 7) is 4.25. The lowest BCUT2D eigenvalue weighted by Crippen LogP contribution is -2.43. The number of benzene rings is 1. The van der Waals surface area contributed by atoms with Gasteiger partial charge in [0.15, 0.2) is 0 Å². The second kappa shape index (κ2) is 5.96. The van der Waals surface area contributed by atoms with Crippen LogP contribution in [0.25, 0.3) is 0 Å². The molecule has 0 aromatic heterocycles. The number of aromatic carboxylic acids is 1. The molecule has 1 aliphatic heterocycles. The number of carbonyl (C=O) groups is 2. The standard InChI is InChI=1S/C14H15ClN2O3/c1-9(15)8-16-14(20)17-7-3-5-10-11(13(18)19)4-2-6-12(10)17/h2,4,6H,1,3,5,7-8H2,(H,16,20)(H,18,19). The van der Waals surface area contributed by atoms with Gasteiger partial charge in [0.1, 0.15) is 0 Å². The van der Waals surface area contributed by atoms with Gasteiger partial charge in [0.05, 0.1) is 12.1 Å². The number of carboxylic acid groups (broad SMARTS) is 1. The minimum atomic E-state index is -0.974. The van der Waals surface area contributed by atoms with Gasteiger partial charge in [-0.05, 0) is 30.5 Å². The fourth-order valence-corrected chi connectivity index (χ4v) is 2.37. The molecule has 106 valence electrons. The van der Waals surface area contributed by atoms with Gasteiger partial charge in [0, 0.05) is 17.3 Å². The van der Waals surface area contributed by atoms with E-state index in [-0.39, 0.29) is 18.1 Å². The lowest BCUT2D eigenvalue weighted by atomic mass is 9.96. The predicted octanol–water partition coefficient (Wildman–Crippen LogP) is 2.60. The average molecular weight is 295 g/mol. The molecule has 0 unspecified atom stereocenters. The molecule has 2 rings (SSSR count). The van der Waals surface area contributed by atoms with Crippen molar-refractivity contribution < 1.29 is 14.7 Å². The van der Waals surface area contributed by atoms with Gasteiger partial charge >= 0.3 is 12.0 Å². The van der Waals surface area contributed by atoms with Crippen LogP contribution >= 0.6 is 11.6 Å². The van der Waals surface area contributed by atoms with Gasteiger partial charge in [-0.15, -0.1) is 0 Å². The fourth-order valence-electron chi connectivity index (χ4n) is 2.30. The van der Waals surface area contributed by atoms with Crippen LogP contribution in [0.2, 0.25) is 0 Å². The minimum absolute atomic E-state index is 0.185. The Morgan fingerprint density at radius 1 is 1.45 bits per heavy atom. The van der Waals surface area contributed by atoms with Crippen molar-refractivity contribution in [3.63, 3.8) is 0 Å². The van der Waals surface area contributed by atoms with Gasteiger partial charge in [0.25, 0.3) is 0 Å². The number of halogens is 1. The van der Waals surface area contributed by atoms with Crippen molar-refractivity contribution in [3.8, 4) is 0 Å². The van der Waals surface area contributed by atoms with Crippen molar-refractivity contribution in [1.29, 1.82) is 0 Å². The molecule has 0 saturated heterocycles. The lowest BCUT2D eigenvalue weighted by molar-refractivity contribution is 0.0695. The Bertz CT molecular complexity index is 572. The largest absolute Gasteiger partial charge is 0.478 e. The zero-order valence-corrected chi connectivity index (χ0v) is 11.6. The number of carboxylic acids is 1. The first-order valence-corrected chi connectivity index (χ1v) is 6.62. The molecular formula is C14H15ClN2O3. The van der Waals surface area contributed by atoms with Gasteiger partial charge in [-0.3, -0.25) is 4.90 Å². The number of urea groups is 1. The number of carbonyl (C=O) groups excluding carboxylic acids is 1. The zero-order chi connectivity index (χ0) is 14.7. The number of rotatable bonds is 3. The lowest BCUT2D eigenvalue weighted by Gasteiger charge is -2.30. The van der Waals surface area contributed by atoms with Gasteiger partial charge in [0.2, 0.25) is 0 Å². The quantitative estimate of drug-likeness (QED) is 0.900. The van der Waals surface area contributed by atoms with Crippen molar-refractivity contribution in [2.75, 3.05) is 18.0 Å². The van der Waals surface area contributed by atoms with Gasteiger partial charge in [-0.2, -0.15) is 0 Å². The second-order valence-electron chi connectivity index (χ2n) is 4.54. The smallest absolute Gasteiger partial charge is 0.336 e. The van der Waals surface area contributed by atoms with Gasteiger partial charge in [-0.25, -0.2) is 9.59 Å². The minimum Gasteiger partial charge on any atom is -0.478 e. The molecule has 1 aliphatic rings. The molecule has 0 radical (unpaired) electrons. The summed E-state index contributed by atoms with van der Waals surface area (Å²) in [5, 5.41) is 12.2. The monoisotopic (exact) mass is 294 g/mol. The van der Waals surface area contributed by atoms with Crippen LogP contribution in [0, 0.1) is 0 Å². The molecule has 5 nitrogen and oxygen atoms in total. The van der Waals surface area contributed by atoms with Crippen LogP contribution < -0.4 is 10.2 Å². The SMILES string of the molecule is C=C(Cl)CNC(=O)N1CCCc2c(C(=O)O)cccc21. The van der Waals surface area contributed by atoms with E-state index in [4.69, 9.17) is 11.6 Å². The van der Waals surface area contributed by atoms with Crippen LogP contribution in [0.1, 0.15) is 22.3 Å². The number of hydrogen-bond acceptors (Lipinski definition) is 2. The van der Waals surface area contributed by atoms with Crippen molar-refractivity contribution >= 4 is 29.3 Å². The number of nitrogens with one attached hydrogen (secondary N) is 1. The van der Waals surface area contributed by atoms with E-state index in [1.54, 1.807) is 23.1 Å².